The molecule has 20 heavy (non-hydrogen) atoms. The van der Waals surface area contributed by atoms with Gasteiger partial charge in [0.2, 0.25) is 0 Å². The molecule has 0 aliphatic heterocycles. The average molecular weight is 351 g/mol. The zero-order valence-electron chi connectivity index (χ0n) is 9.94. The predicted molar refractivity (Wildman–Crippen MR) is 69.4 cm³/mol. The van der Waals surface area contributed by atoms with Crippen LogP contribution in [0.3, 0.4) is 0 Å². The SMILES string of the molecule is Fc1cccc(-c2ccc(C(F)(F)F)c(CBr)c2)c1F. The van der Waals surface area contributed by atoms with Gasteiger partial charge in [-0.25, -0.2) is 8.78 Å². The van der Waals surface area contributed by atoms with E-state index in [1.807, 2.05) is 0 Å². The summed E-state index contributed by atoms with van der Waals surface area (Å²) >= 11 is 2.97. The lowest BCUT2D eigenvalue weighted by molar-refractivity contribution is -0.138. The first-order valence-electron chi connectivity index (χ1n) is 5.55. The third-order valence-corrected chi connectivity index (χ3v) is 3.42. The topological polar surface area (TPSA) is 0 Å². The van der Waals surface area contributed by atoms with Crippen molar-refractivity contribution in [3.05, 3.63) is 59.2 Å². The Balaban J connectivity index is 2.58. The van der Waals surface area contributed by atoms with E-state index in [1.54, 1.807) is 0 Å². The Bertz CT molecular complexity index is 634. The van der Waals surface area contributed by atoms with Gasteiger partial charge in [0.25, 0.3) is 0 Å². The largest absolute Gasteiger partial charge is 0.416 e. The Labute approximate surface area is 120 Å². The van der Waals surface area contributed by atoms with Crippen molar-refractivity contribution in [2.75, 3.05) is 0 Å². The van der Waals surface area contributed by atoms with Crippen molar-refractivity contribution in [1.82, 2.24) is 0 Å². The molecular weight excluding hydrogens is 343 g/mol. The monoisotopic (exact) mass is 350 g/mol. The minimum absolute atomic E-state index is 0.0290. The van der Waals surface area contributed by atoms with Crippen molar-refractivity contribution < 1.29 is 22.0 Å². The lowest BCUT2D eigenvalue weighted by atomic mass is 9.99. The van der Waals surface area contributed by atoms with Crippen LogP contribution in [0.25, 0.3) is 11.1 Å². The van der Waals surface area contributed by atoms with E-state index in [0.29, 0.717) is 0 Å². The fourth-order valence-electron chi connectivity index (χ4n) is 1.88. The zero-order valence-corrected chi connectivity index (χ0v) is 11.5. The third kappa shape index (κ3) is 2.85. The van der Waals surface area contributed by atoms with Crippen LogP contribution in [0, 0.1) is 11.6 Å². The van der Waals surface area contributed by atoms with Gasteiger partial charge < -0.3 is 0 Å². The molecule has 6 heteroatoms. The zero-order chi connectivity index (χ0) is 14.9. The van der Waals surface area contributed by atoms with Crippen LogP contribution in [0.4, 0.5) is 22.0 Å². The molecule has 2 rings (SSSR count). The van der Waals surface area contributed by atoms with Crippen LogP contribution in [0.2, 0.25) is 0 Å². The molecule has 0 saturated heterocycles. The molecule has 0 radical (unpaired) electrons. The number of alkyl halides is 4. The van der Waals surface area contributed by atoms with E-state index in [0.717, 1.165) is 18.2 Å². The van der Waals surface area contributed by atoms with Crippen molar-refractivity contribution in [2.24, 2.45) is 0 Å². The van der Waals surface area contributed by atoms with Gasteiger partial charge in [0.1, 0.15) is 0 Å². The maximum absolute atomic E-state index is 13.6. The van der Waals surface area contributed by atoms with Crippen LogP contribution < -0.4 is 0 Å². The second-order valence-corrected chi connectivity index (χ2v) is 4.67. The highest BCUT2D eigenvalue weighted by Crippen LogP contribution is 2.35. The second-order valence-electron chi connectivity index (χ2n) is 4.10. The van der Waals surface area contributed by atoms with Gasteiger partial charge in [-0.05, 0) is 29.3 Å². The summed E-state index contributed by atoms with van der Waals surface area (Å²) in [5.41, 5.74) is -0.695. The van der Waals surface area contributed by atoms with E-state index >= 15 is 0 Å². The second kappa shape index (κ2) is 5.52. The van der Waals surface area contributed by atoms with Crippen molar-refractivity contribution in [3.8, 4) is 11.1 Å². The average Bonchev–Trinajstić information content (AvgIpc) is 2.40. The molecule has 0 aliphatic carbocycles. The molecule has 2 aromatic rings. The van der Waals surface area contributed by atoms with Gasteiger partial charge in [-0.1, -0.05) is 34.1 Å². The van der Waals surface area contributed by atoms with Crippen LogP contribution >= 0.6 is 15.9 Å². The van der Waals surface area contributed by atoms with Gasteiger partial charge in [0, 0.05) is 10.9 Å². The number of hydrogen-bond donors (Lipinski definition) is 0. The summed E-state index contributed by atoms with van der Waals surface area (Å²) in [4.78, 5) is 0. The first kappa shape index (κ1) is 15.0. The van der Waals surface area contributed by atoms with E-state index < -0.39 is 23.4 Å². The minimum Gasteiger partial charge on any atom is -0.204 e. The van der Waals surface area contributed by atoms with Crippen LogP contribution in [-0.4, -0.2) is 0 Å². The van der Waals surface area contributed by atoms with E-state index in [9.17, 15) is 22.0 Å². The van der Waals surface area contributed by atoms with Gasteiger partial charge in [0.15, 0.2) is 11.6 Å². The highest BCUT2D eigenvalue weighted by molar-refractivity contribution is 9.08. The highest BCUT2D eigenvalue weighted by Gasteiger charge is 2.33. The van der Waals surface area contributed by atoms with E-state index in [1.165, 1.54) is 18.2 Å². The van der Waals surface area contributed by atoms with Crippen molar-refractivity contribution in [2.45, 2.75) is 11.5 Å². The highest BCUT2D eigenvalue weighted by atomic mass is 79.9. The molecule has 0 atom stereocenters. The molecule has 0 unspecified atom stereocenters. The molecule has 0 aliphatic rings. The van der Waals surface area contributed by atoms with Gasteiger partial charge in [-0.15, -0.1) is 0 Å². The van der Waals surface area contributed by atoms with Crippen LogP contribution in [-0.2, 0) is 11.5 Å². The van der Waals surface area contributed by atoms with Crippen molar-refractivity contribution in [1.29, 1.82) is 0 Å². The summed E-state index contributed by atoms with van der Waals surface area (Å²) in [6, 6.07) is 6.78. The van der Waals surface area contributed by atoms with Crippen molar-refractivity contribution >= 4 is 15.9 Å². The molecule has 0 heterocycles. The van der Waals surface area contributed by atoms with E-state index in [-0.39, 0.29) is 22.0 Å². The van der Waals surface area contributed by atoms with E-state index in [4.69, 9.17) is 0 Å². The minimum atomic E-state index is -4.48. The van der Waals surface area contributed by atoms with Gasteiger partial charge >= 0.3 is 6.18 Å². The quantitative estimate of drug-likeness (QED) is 0.492. The molecule has 0 N–H and O–H groups in total. The Morgan fingerprint density at radius 3 is 2.30 bits per heavy atom. The Hall–Kier alpha value is -1.43. The number of hydrogen-bond acceptors (Lipinski definition) is 0. The Kier molecular flexibility index (Phi) is 4.13. The van der Waals surface area contributed by atoms with Crippen LogP contribution in [0.1, 0.15) is 11.1 Å². The van der Waals surface area contributed by atoms with Crippen LogP contribution in [0.5, 0.6) is 0 Å². The maximum atomic E-state index is 13.6. The summed E-state index contributed by atoms with van der Waals surface area (Å²) in [6.07, 6.45) is -4.48. The first-order chi connectivity index (χ1) is 9.34. The Morgan fingerprint density at radius 2 is 1.70 bits per heavy atom. The molecule has 106 valence electrons. The molecule has 0 fully saturated rings. The first-order valence-corrected chi connectivity index (χ1v) is 6.67. The summed E-state index contributed by atoms with van der Waals surface area (Å²) in [5.74, 6) is -2.12. The Morgan fingerprint density at radius 1 is 1.00 bits per heavy atom. The lowest BCUT2D eigenvalue weighted by Gasteiger charge is -2.13. The summed E-state index contributed by atoms with van der Waals surface area (Å²) < 4.78 is 65.1. The normalized spacial score (nSPS) is 11.7. The fourth-order valence-corrected chi connectivity index (χ4v) is 2.34. The summed E-state index contributed by atoms with van der Waals surface area (Å²) in [5, 5.41) is -0.0351. The third-order valence-electron chi connectivity index (χ3n) is 2.82. The smallest absolute Gasteiger partial charge is 0.204 e. The standard InChI is InChI=1S/C14H8BrF5/c15-7-9-6-8(4-5-11(9)14(18,19)20)10-2-1-3-12(16)13(10)17/h1-6H,7H2. The van der Waals surface area contributed by atoms with Crippen molar-refractivity contribution in [3.63, 3.8) is 0 Å². The maximum Gasteiger partial charge on any atom is 0.416 e. The van der Waals surface area contributed by atoms with E-state index in [2.05, 4.69) is 15.9 Å². The number of benzene rings is 2. The molecule has 0 saturated carbocycles. The number of halogens is 6. The molecule has 0 spiro atoms. The lowest BCUT2D eigenvalue weighted by Crippen LogP contribution is -2.08. The predicted octanol–water partition coefficient (Wildman–Crippen LogP) is 5.55. The molecule has 2 aromatic carbocycles. The van der Waals surface area contributed by atoms with Crippen LogP contribution in [0.15, 0.2) is 36.4 Å². The molecule has 0 nitrogen and oxygen atoms in total. The summed E-state index contributed by atoms with van der Waals surface area (Å²) in [7, 11) is 0. The molecular formula is C14H8BrF5. The molecule has 0 amide bonds. The van der Waals surface area contributed by atoms with Gasteiger partial charge in [-0.3, -0.25) is 0 Å². The fraction of sp³-hybridized carbons (Fsp3) is 0.143. The number of rotatable bonds is 2. The van der Waals surface area contributed by atoms with Gasteiger partial charge in [0.05, 0.1) is 5.56 Å². The summed E-state index contributed by atoms with van der Waals surface area (Å²) in [6.45, 7) is 0. The van der Waals surface area contributed by atoms with Gasteiger partial charge in [-0.2, -0.15) is 13.2 Å². The molecule has 0 bridgehead atoms. The molecule has 0 aromatic heterocycles.